The molecule has 0 aliphatic heterocycles. The van der Waals surface area contributed by atoms with Crippen molar-refractivity contribution in [1.82, 2.24) is 0 Å². The first kappa shape index (κ1) is 55.0. The van der Waals surface area contributed by atoms with Gasteiger partial charge in [-0.2, -0.15) is 0 Å². The van der Waals surface area contributed by atoms with Gasteiger partial charge in [0, 0.05) is 0 Å². The Bertz CT molecular complexity index is 2750. The fourth-order valence-electron chi connectivity index (χ4n) is 11.0. The van der Waals surface area contributed by atoms with Gasteiger partial charge in [0.25, 0.3) is 0 Å². The SMILES string of the molecule is CC(C)C1=CC[C]([Ti+3])=C1[Si](c1cc(Cc2ccccc2)cc(Cc2ccccc2)c1)(c1cc(Cc2ccccc2)cc(Cc2ccccc2)c1)c1cc(Cc2ccccc2)cc(Cc2ccccc2)c1.[Cl-].[Cl-].[Cl-]. The third kappa shape index (κ3) is 13.3. The zero-order valence-electron chi connectivity index (χ0n) is 41.8. The van der Waals surface area contributed by atoms with Crippen LogP contribution in [0.2, 0.25) is 0 Å². The van der Waals surface area contributed by atoms with E-state index in [1.807, 2.05) is 0 Å². The first-order chi connectivity index (χ1) is 34.3. The molecule has 0 amide bonds. The molecule has 0 aromatic heterocycles. The molecule has 9 aromatic rings. The predicted molar refractivity (Wildman–Crippen MR) is 294 cm³/mol. The van der Waals surface area contributed by atoms with E-state index in [2.05, 4.69) is 277 Å². The van der Waals surface area contributed by atoms with E-state index >= 15 is 0 Å². The molecule has 0 fully saturated rings. The monoisotopic (exact) mass is 1060 g/mol. The van der Waals surface area contributed by atoms with Crippen LogP contribution in [-0.4, -0.2) is 8.07 Å². The Morgan fingerprint density at radius 1 is 0.329 bits per heavy atom. The third-order valence-electron chi connectivity index (χ3n) is 14.1. The Kier molecular flexibility index (Phi) is 19.6. The number of benzene rings is 9. The molecule has 73 heavy (non-hydrogen) atoms. The van der Waals surface area contributed by atoms with E-state index in [0.717, 1.165) is 44.9 Å². The Morgan fingerprint density at radius 3 is 0.753 bits per heavy atom. The largest absolute Gasteiger partial charge is 1.00 e. The molecular weight excluding hydrogens is 999 g/mol. The van der Waals surface area contributed by atoms with Gasteiger partial charge in [0.1, 0.15) is 0 Å². The normalized spacial score (nSPS) is 12.2. The molecule has 0 nitrogen and oxygen atoms in total. The maximum Gasteiger partial charge on any atom is -1.00 e. The molecule has 5 heteroatoms. The van der Waals surface area contributed by atoms with Crippen LogP contribution in [0.5, 0.6) is 0 Å². The van der Waals surface area contributed by atoms with E-state index in [0.29, 0.717) is 5.92 Å². The standard InChI is InChI=1S/C68H61Si.3ClH.Ti/c1-51(2)67-34-21-35-68(67)69(64-45-58(36-52-22-9-3-10-23-52)42-59(46-64)37-53-24-11-4-12-25-53,65-47-60(38-54-26-13-5-14-27-54)43-61(48-65)39-55-28-15-6-16-29-55)66-49-62(40-56-30-17-7-18-31-56)44-63(50-66)41-57-32-19-8-20-33-57;;;;/h3-20,22-34,42-51H,21,36-41H2,1-2H3;3*1H;/q;;;;+3/p-3. The van der Waals surface area contributed by atoms with Crippen LogP contribution in [0, 0.1) is 5.92 Å². The van der Waals surface area contributed by atoms with Gasteiger partial charge in [0.15, 0.2) is 0 Å². The maximum absolute atomic E-state index is 3.26. The van der Waals surface area contributed by atoms with Crippen LogP contribution in [0.3, 0.4) is 0 Å². The number of hydrogen-bond donors (Lipinski definition) is 0. The fraction of sp³-hybridized carbons (Fsp3) is 0.147. The molecular formula is C68H61Cl3SiTi. The molecule has 10 rings (SSSR count). The van der Waals surface area contributed by atoms with Gasteiger partial charge in [-0.25, -0.2) is 0 Å². The zero-order chi connectivity index (χ0) is 47.7. The molecule has 1 aliphatic carbocycles. The van der Waals surface area contributed by atoms with Crippen molar-refractivity contribution in [2.45, 2.75) is 58.8 Å². The van der Waals surface area contributed by atoms with E-state index in [4.69, 9.17) is 0 Å². The number of halogens is 3. The van der Waals surface area contributed by atoms with Gasteiger partial charge in [0.2, 0.25) is 0 Å². The number of hydrogen-bond acceptors (Lipinski definition) is 0. The third-order valence-corrected chi connectivity index (χ3v) is 20.0. The zero-order valence-corrected chi connectivity index (χ0v) is 46.6. The van der Waals surface area contributed by atoms with E-state index in [1.165, 1.54) is 91.8 Å². The Balaban J connectivity index is 0.00000260. The van der Waals surface area contributed by atoms with Crippen molar-refractivity contribution < 1.29 is 57.7 Å². The predicted octanol–water partition coefficient (Wildman–Crippen LogP) is 5.04. The van der Waals surface area contributed by atoms with Crippen molar-refractivity contribution >= 4 is 23.6 Å². The summed E-state index contributed by atoms with van der Waals surface area (Å²) in [6.07, 6.45) is 8.77. The Morgan fingerprint density at radius 2 is 0.548 bits per heavy atom. The molecule has 0 heterocycles. The molecule has 9 aromatic carbocycles. The summed E-state index contributed by atoms with van der Waals surface area (Å²) in [6, 6.07) is 90.1. The maximum atomic E-state index is 2.66. The fourth-order valence-corrected chi connectivity index (χ4v) is 17.9. The molecule has 1 aliphatic rings. The van der Waals surface area contributed by atoms with Crippen LogP contribution in [-0.2, 0) is 59.0 Å². The first-order valence-electron chi connectivity index (χ1n) is 25.1. The van der Waals surface area contributed by atoms with Crippen molar-refractivity contribution in [3.8, 4) is 0 Å². The van der Waals surface area contributed by atoms with Crippen molar-refractivity contribution in [3.63, 3.8) is 0 Å². The van der Waals surface area contributed by atoms with Gasteiger partial charge >= 0.3 is 433 Å². The van der Waals surface area contributed by atoms with Crippen molar-refractivity contribution in [1.29, 1.82) is 0 Å². The molecule has 0 saturated carbocycles. The number of rotatable bonds is 17. The summed E-state index contributed by atoms with van der Waals surface area (Å²) in [5.41, 5.74) is 17.7. The average molecular weight is 1060 g/mol. The minimum atomic E-state index is -3.26. The van der Waals surface area contributed by atoms with Crippen LogP contribution < -0.4 is 52.8 Å². The summed E-state index contributed by atoms with van der Waals surface area (Å²) >= 11 is 2.46. The van der Waals surface area contributed by atoms with Gasteiger partial charge in [-0.3, -0.25) is 0 Å². The number of allylic oxidation sites excluding steroid dienone is 4. The Labute approximate surface area is 466 Å². The molecule has 0 radical (unpaired) electrons. The topological polar surface area (TPSA) is 0 Å². The molecule has 362 valence electrons. The van der Waals surface area contributed by atoms with Gasteiger partial charge in [-0.15, -0.1) is 0 Å². The molecule has 0 N–H and O–H groups in total. The second kappa shape index (κ2) is 26.0. The first-order valence-corrected chi connectivity index (χ1v) is 27.9. The van der Waals surface area contributed by atoms with E-state index in [-0.39, 0.29) is 37.2 Å². The van der Waals surface area contributed by atoms with Crippen LogP contribution in [0.1, 0.15) is 87.0 Å². The minimum Gasteiger partial charge on any atom is -1.00 e. The summed E-state index contributed by atoms with van der Waals surface area (Å²) in [5, 5.41) is 6.01. The smallest absolute Gasteiger partial charge is 1.00 e. The van der Waals surface area contributed by atoms with Crippen LogP contribution in [0.15, 0.2) is 257 Å². The molecule has 0 unspecified atom stereocenters. The van der Waals surface area contributed by atoms with Gasteiger partial charge < -0.3 is 37.2 Å². The molecule has 0 bridgehead atoms. The quantitative estimate of drug-likeness (QED) is 0.0888. The molecule has 0 spiro atoms. The summed E-state index contributed by atoms with van der Waals surface area (Å²) in [6.45, 7) is 4.85. The van der Waals surface area contributed by atoms with Crippen molar-refractivity contribution in [3.05, 3.63) is 324 Å². The molecule has 0 saturated heterocycles. The summed E-state index contributed by atoms with van der Waals surface area (Å²) in [7, 11) is -3.26. The van der Waals surface area contributed by atoms with Crippen LogP contribution in [0.4, 0.5) is 0 Å². The van der Waals surface area contributed by atoms with Gasteiger partial charge in [-0.1, -0.05) is 0 Å². The van der Waals surface area contributed by atoms with Gasteiger partial charge in [-0.05, 0) is 0 Å². The second-order valence-electron chi connectivity index (χ2n) is 19.7. The summed E-state index contributed by atoms with van der Waals surface area (Å²) in [4.78, 5) is 0. The minimum absolute atomic E-state index is 0. The summed E-state index contributed by atoms with van der Waals surface area (Å²) in [5.74, 6) is 0.350. The van der Waals surface area contributed by atoms with Crippen LogP contribution >= 0.6 is 0 Å². The van der Waals surface area contributed by atoms with E-state index in [1.54, 1.807) is 5.20 Å². The van der Waals surface area contributed by atoms with Crippen molar-refractivity contribution in [2.24, 2.45) is 5.92 Å². The average Bonchev–Trinajstić information content (AvgIpc) is 3.77. The molecule has 0 atom stereocenters. The van der Waals surface area contributed by atoms with Gasteiger partial charge in [0.05, 0.1) is 0 Å². The van der Waals surface area contributed by atoms with E-state index < -0.39 is 8.07 Å². The van der Waals surface area contributed by atoms with Crippen molar-refractivity contribution in [2.75, 3.05) is 0 Å². The van der Waals surface area contributed by atoms with Crippen LogP contribution in [0.25, 0.3) is 0 Å². The summed E-state index contributed by atoms with van der Waals surface area (Å²) < 4.78 is 1.50. The second-order valence-corrected chi connectivity index (χ2v) is 24.4. The van der Waals surface area contributed by atoms with E-state index in [9.17, 15) is 0 Å². The Hall–Kier alpha value is -5.74.